The number of allylic oxidation sites excluding steroid dienone is 1. The number of fused-ring (bicyclic) bond motifs is 3. The quantitative estimate of drug-likeness (QED) is 0.671. The van der Waals surface area contributed by atoms with E-state index < -0.39 is 0 Å². The van der Waals surface area contributed by atoms with Gasteiger partial charge in [0, 0.05) is 12.0 Å². The number of benzene rings is 2. The van der Waals surface area contributed by atoms with Crippen molar-refractivity contribution >= 4 is 0 Å². The van der Waals surface area contributed by atoms with Gasteiger partial charge in [-0.2, -0.15) is 0 Å². The number of ether oxygens (including phenoxy) is 1. The second-order valence-corrected chi connectivity index (χ2v) is 6.10. The van der Waals surface area contributed by atoms with Crippen LogP contribution in [0.15, 0.2) is 49.1 Å². The van der Waals surface area contributed by atoms with Crippen molar-refractivity contribution in [1.29, 1.82) is 0 Å². The van der Waals surface area contributed by atoms with Crippen molar-refractivity contribution in [3.05, 3.63) is 71.3 Å². The molecule has 1 aliphatic rings. The van der Waals surface area contributed by atoms with Crippen molar-refractivity contribution in [1.82, 2.24) is 0 Å². The molecule has 0 radical (unpaired) electrons. The molecule has 0 amide bonds. The van der Waals surface area contributed by atoms with E-state index in [4.69, 9.17) is 4.74 Å². The fourth-order valence-electron chi connectivity index (χ4n) is 3.66. The summed E-state index contributed by atoms with van der Waals surface area (Å²) in [6.07, 6.45) is 3.15. The number of hydrogen-bond acceptors (Lipinski definition) is 1. The number of hydrogen-bond donors (Lipinski definition) is 0. The molecule has 1 unspecified atom stereocenters. The molecule has 3 rings (SSSR count). The summed E-state index contributed by atoms with van der Waals surface area (Å²) < 4.78 is 5.59. The third-order valence-corrected chi connectivity index (χ3v) is 4.89. The molecule has 1 aliphatic carbocycles. The lowest BCUT2D eigenvalue weighted by atomic mass is 9.75. The van der Waals surface area contributed by atoms with E-state index >= 15 is 0 Å². The molecule has 1 heteroatoms. The zero-order valence-corrected chi connectivity index (χ0v) is 13.8. The van der Waals surface area contributed by atoms with Crippen LogP contribution in [0.1, 0.15) is 42.5 Å². The van der Waals surface area contributed by atoms with Gasteiger partial charge in [-0.25, -0.2) is 0 Å². The Kier molecular flexibility index (Phi) is 3.92. The Morgan fingerprint density at radius 2 is 1.73 bits per heavy atom. The fourth-order valence-corrected chi connectivity index (χ4v) is 3.66. The maximum absolute atomic E-state index is 5.59. The van der Waals surface area contributed by atoms with Crippen LogP contribution in [0, 0.1) is 6.92 Å². The van der Waals surface area contributed by atoms with E-state index in [0.29, 0.717) is 6.61 Å². The molecule has 2 aromatic rings. The van der Waals surface area contributed by atoms with Gasteiger partial charge in [-0.3, -0.25) is 0 Å². The van der Waals surface area contributed by atoms with Crippen molar-refractivity contribution < 1.29 is 4.74 Å². The molecule has 0 saturated heterocycles. The first-order valence-electron chi connectivity index (χ1n) is 8.12. The molecule has 114 valence electrons. The topological polar surface area (TPSA) is 9.23 Å². The zero-order valence-electron chi connectivity index (χ0n) is 13.8. The molecular weight excluding hydrogens is 268 g/mol. The van der Waals surface area contributed by atoms with Crippen molar-refractivity contribution in [2.24, 2.45) is 0 Å². The lowest BCUT2D eigenvalue weighted by Gasteiger charge is -2.27. The van der Waals surface area contributed by atoms with Gasteiger partial charge in [-0.05, 0) is 48.1 Å². The van der Waals surface area contributed by atoms with Gasteiger partial charge in [0.2, 0.25) is 0 Å². The summed E-state index contributed by atoms with van der Waals surface area (Å²) in [4.78, 5) is 0. The highest BCUT2D eigenvalue weighted by atomic mass is 16.5. The molecule has 0 aromatic heterocycles. The van der Waals surface area contributed by atoms with E-state index in [2.05, 4.69) is 62.9 Å². The SMILES string of the molecule is C=CC1(CC)c2cc(C)ccc2-c2ccc(COCC)cc21. The first-order valence-corrected chi connectivity index (χ1v) is 8.12. The van der Waals surface area contributed by atoms with Gasteiger partial charge in [-0.1, -0.05) is 55.0 Å². The van der Waals surface area contributed by atoms with Crippen LogP contribution in [0.3, 0.4) is 0 Å². The smallest absolute Gasteiger partial charge is 0.0716 e. The number of aryl methyl sites for hydroxylation is 1. The minimum Gasteiger partial charge on any atom is -0.377 e. The monoisotopic (exact) mass is 292 g/mol. The maximum Gasteiger partial charge on any atom is 0.0716 e. The van der Waals surface area contributed by atoms with E-state index in [1.54, 1.807) is 0 Å². The van der Waals surface area contributed by atoms with Crippen LogP contribution in [0.4, 0.5) is 0 Å². The molecule has 1 atom stereocenters. The molecule has 0 N–H and O–H groups in total. The van der Waals surface area contributed by atoms with Crippen molar-refractivity contribution in [2.75, 3.05) is 6.61 Å². The molecule has 0 saturated carbocycles. The second kappa shape index (κ2) is 5.73. The largest absolute Gasteiger partial charge is 0.377 e. The average molecular weight is 292 g/mol. The molecule has 0 aliphatic heterocycles. The van der Waals surface area contributed by atoms with Crippen LogP contribution in [-0.4, -0.2) is 6.61 Å². The van der Waals surface area contributed by atoms with Crippen LogP contribution < -0.4 is 0 Å². The second-order valence-electron chi connectivity index (χ2n) is 6.10. The lowest BCUT2D eigenvalue weighted by molar-refractivity contribution is 0.134. The van der Waals surface area contributed by atoms with Gasteiger partial charge in [0.05, 0.1) is 6.61 Å². The summed E-state index contributed by atoms with van der Waals surface area (Å²) in [5.74, 6) is 0. The highest BCUT2D eigenvalue weighted by molar-refractivity contribution is 5.82. The molecule has 0 fully saturated rings. The summed E-state index contributed by atoms with van der Waals surface area (Å²) in [5, 5.41) is 0. The molecule has 0 heterocycles. The van der Waals surface area contributed by atoms with Crippen LogP contribution in [-0.2, 0) is 16.8 Å². The Bertz CT molecular complexity index is 714. The van der Waals surface area contributed by atoms with Crippen LogP contribution in [0.25, 0.3) is 11.1 Å². The van der Waals surface area contributed by atoms with Crippen LogP contribution >= 0.6 is 0 Å². The summed E-state index contributed by atoms with van der Waals surface area (Å²) in [7, 11) is 0. The summed E-state index contributed by atoms with van der Waals surface area (Å²) in [6, 6.07) is 13.5. The molecular formula is C21H24O. The Labute approximate surface area is 133 Å². The van der Waals surface area contributed by atoms with Gasteiger partial charge >= 0.3 is 0 Å². The molecule has 1 nitrogen and oxygen atoms in total. The lowest BCUT2D eigenvalue weighted by Crippen LogP contribution is -2.21. The van der Waals surface area contributed by atoms with Gasteiger partial charge in [0.1, 0.15) is 0 Å². The van der Waals surface area contributed by atoms with E-state index in [1.807, 2.05) is 6.92 Å². The third kappa shape index (κ3) is 2.12. The Morgan fingerprint density at radius 3 is 2.36 bits per heavy atom. The minimum absolute atomic E-state index is 0.0705. The molecule has 0 bridgehead atoms. The minimum atomic E-state index is -0.0705. The molecule has 2 aromatic carbocycles. The fraction of sp³-hybridized carbons (Fsp3) is 0.333. The first-order chi connectivity index (χ1) is 10.7. The van der Waals surface area contributed by atoms with E-state index in [9.17, 15) is 0 Å². The highest BCUT2D eigenvalue weighted by Crippen LogP contribution is 2.51. The normalized spacial score (nSPS) is 18.9. The highest BCUT2D eigenvalue weighted by Gasteiger charge is 2.39. The van der Waals surface area contributed by atoms with Gasteiger partial charge in [0.25, 0.3) is 0 Å². The predicted molar refractivity (Wildman–Crippen MR) is 93.2 cm³/mol. The predicted octanol–water partition coefficient (Wildman–Crippen LogP) is 5.39. The van der Waals surface area contributed by atoms with E-state index in [-0.39, 0.29) is 5.41 Å². The van der Waals surface area contributed by atoms with Gasteiger partial charge in [-0.15, -0.1) is 6.58 Å². The average Bonchev–Trinajstić information content (AvgIpc) is 2.81. The molecule has 22 heavy (non-hydrogen) atoms. The van der Waals surface area contributed by atoms with Crippen molar-refractivity contribution in [3.63, 3.8) is 0 Å². The van der Waals surface area contributed by atoms with E-state index in [0.717, 1.165) is 13.0 Å². The van der Waals surface area contributed by atoms with Gasteiger partial charge < -0.3 is 4.74 Å². The number of rotatable bonds is 5. The summed E-state index contributed by atoms with van der Waals surface area (Å²) in [6.45, 7) is 12.0. The Balaban J connectivity index is 2.20. The van der Waals surface area contributed by atoms with Crippen molar-refractivity contribution in [2.45, 2.75) is 39.2 Å². The Morgan fingerprint density at radius 1 is 1.05 bits per heavy atom. The first kappa shape index (κ1) is 15.1. The third-order valence-electron chi connectivity index (χ3n) is 4.89. The summed E-state index contributed by atoms with van der Waals surface area (Å²) >= 11 is 0. The zero-order chi connectivity index (χ0) is 15.7. The Hall–Kier alpha value is -1.86. The van der Waals surface area contributed by atoms with Crippen molar-refractivity contribution in [3.8, 4) is 11.1 Å². The molecule has 0 spiro atoms. The standard InChI is InChI=1S/C21H24O/c1-5-21(6-2)19-12-15(4)8-10-17(19)18-11-9-16(13-20(18)21)14-22-7-3/h5,8-13H,1,6-7,14H2,2-4H3. The van der Waals surface area contributed by atoms with Crippen LogP contribution in [0.5, 0.6) is 0 Å². The van der Waals surface area contributed by atoms with Crippen LogP contribution in [0.2, 0.25) is 0 Å². The van der Waals surface area contributed by atoms with Gasteiger partial charge in [0.15, 0.2) is 0 Å². The maximum atomic E-state index is 5.59. The summed E-state index contributed by atoms with van der Waals surface area (Å²) in [5.41, 5.74) is 7.95. The van der Waals surface area contributed by atoms with E-state index in [1.165, 1.54) is 33.4 Å².